The molecule has 148 valence electrons. The molecular weight excluding hydrogens is 400 g/mol. The lowest BCUT2D eigenvalue weighted by atomic mass is 10.4. The first-order valence-corrected chi connectivity index (χ1v) is 13.8. The standard InChI is InChI=1S/C27H26NP2/c1-5-14-24(15-6-1)29(25-16-7-2-8-17-25)28-22-13-23-30(28,26-18-9-3-10-19-26)27-20-11-4-12-21-27/h1-12,14-21H,13,22-23H2/q+1. The molecule has 0 N–H and O–H groups in total. The summed E-state index contributed by atoms with van der Waals surface area (Å²) in [6, 6.07) is 44.9. The average molecular weight is 426 g/mol. The van der Waals surface area contributed by atoms with E-state index in [1.807, 2.05) is 0 Å². The molecule has 4 aromatic carbocycles. The van der Waals surface area contributed by atoms with E-state index in [2.05, 4.69) is 126 Å². The summed E-state index contributed by atoms with van der Waals surface area (Å²) < 4.78 is 2.91. The molecule has 1 aliphatic rings. The molecule has 0 bridgehead atoms. The Morgan fingerprint density at radius 3 is 1.37 bits per heavy atom. The molecule has 1 fully saturated rings. The zero-order valence-electron chi connectivity index (χ0n) is 17.0. The minimum absolute atomic E-state index is 0.604. The van der Waals surface area contributed by atoms with Crippen LogP contribution in [0.4, 0.5) is 0 Å². The van der Waals surface area contributed by atoms with Gasteiger partial charge in [0.25, 0.3) is 0 Å². The van der Waals surface area contributed by atoms with Crippen LogP contribution in [0.5, 0.6) is 0 Å². The highest BCUT2D eigenvalue weighted by molar-refractivity contribution is 7.95. The molecular formula is C27H26NP2+. The van der Waals surface area contributed by atoms with Crippen LogP contribution in [0.1, 0.15) is 6.42 Å². The number of nitrogens with zero attached hydrogens (tertiary/aromatic N) is 1. The summed E-state index contributed by atoms with van der Waals surface area (Å²) in [4.78, 5) is 0. The fourth-order valence-electron chi connectivity index (χ4n) is 4.56. The summed E-state index contributed by atoms with van der Waals surface area (Å²) in [6.07, 6.45) is 2.50. The number of hydrogen-bond donors (Lipinski definition) is 0. The van der Waals surface area contributed by atoms with E-state index in [-0.39, 0.29) is 0 Å². The monoisotopic (exact) mass is 426 g/mol. The van der Waals surface area contributed by atoms with Gasteiger partial charge in [0.05, 0.1) is 14.2 Å². The molecule has 0 aliphatic carbocycles. The Balaban J connectivity index is 1.74. The SMILES string of the molecule is c1ccc(P(c2ccccc2)N2CCC[P+]2(c2ccccc2)c2ccccc2)cc1. The molecule has 0 unspecified atom stereocenters. The molecule has 30 heavy (non-hydrogen) atoms. The summed E-state index contributed by atoms with van der Waals surface area (Å²) in [6.45, 7) is 1.15. The first-order chi connectivity index (χ1) is 14.9. The van der Waals surface area contributed by atoms with Crippen molar-refractivity contribution in [2.45, 2.75) is 6.42 Å². The van der Waals surface area contributed by atoms with E-state index in [4.69, 9.17) is 0 Å². The van der Waals surface area contributed by atoms with E-state index < -0.39 is 15.5 Å². The topological polar surface area (TPSA) is 3.24 Å². The van der Waals surface area contributed by atoms with Gasteiger partial charge in [-0.15, -0.1) is 4.44 Å². The predicted molar refractivity (Wildman–Crippen MR) is 134 cm³/mol. The second-order valence-corrected chi connectivity index (χ2v) is 13.6. The maximum Gasteiger partial charge on any atom is 0.153 e. The van der Waals surface area contributed by atoms with Crippen LogP contribution in [0.2, 0.25) is 0 Å². The number of benzene rings is 4. The van der Waals surface area contributed by atoms with Crippen LogP contribution in [-0.2, 0) is 0 Å². The molecule has 1 aliphatic heterocycles. The maximum absolute atomic E-state index is 2.91. The van der Waals surface area contributed by atoms with Gasteiger partial charge in [-0.1, -0.05) is 97.1 Å². The van der Waals surface area contributed by atoms with Gasteiger partial charge in [0.1, 0.15) is 10.6 Å². The molecule has 0 spiro atoms. The van der Waals surface area contributed by atoms with E-state index in [1.54, 1.807) is 0 Å². The zero-order valence-corrected chi connectivity index (χ0v) is 18.8. The molecule has 1 saturated heterocycles. The molecule has 5 rings (SSSR count). The number of hydrogen-bond acceptors (Lipinski definition) is 1. The smallest absolute Gasteiger partial charge is 0.142 e. The van der Waals surface area contributed by atoms with Crippen molar-refractivity contribution in [2.75, 3.05) is 12.7 Å². The van der Waals surface area contributed by atoms with Crippen molar-refractivity contribution >= 4 is 36.7 Å². The van der Waals surface area contributed by atoms with Crippen LogP contribution in [-0.4, -0.2) is 17.1 Å². The molecule has 1 nitrogen and oxygen atoms in total. The van der Waals surface area contributed by atoms with Gasteiger partial charge in [0.15, 0.2) is 7.41 Å². The van der Waals surface area contributed by atoms with Crippen LogP contribution < -0.4 is 21.2 Å². The van der Waals surface area contributed by atoms with Crippen molar-refractivity contribution in [1.82, 2.24) is 4.44 Å². The van der Waals surface area contributed by atoms with Crippen LogP contribution >= 0.6 is 15.5 Å². The largest absolute Gasteiger partial charge is 0.153 e. The van der Waals surface area contributed by atoms with E-state index in [0.29, 0.717) is 0 Å². The Morgan fingerprint density at radius 1 is 0.533 bits per heavy atom. The highest BCUT2D eigenvalue weighted by Gasteiger charge is 2.55. The van der Waals surface area contributed by atoms with Crippen molar-refractivity contribution < 1.29 is 0 Å². The zero-order chi connectivity index (χ0) is 20.2. The first-order valence-electron chi connectivity index (χ1n) is 10.6. The van der Waals surface area contributed by atoms with Gasteiger partial charge < -0.3 is 0 Å². The first kappa shape index (κ1) is 19.7. The maximum atomic E-state index is 2.91. The Hall–Kier alpha value is -2.30. The second kappa shape index (κ2) is 8.83. The van der Waals surface area contributed by atoms with Gasteiger partial charge >= 0.3 is 0 Å². The summed E-state index contributed by atoms with van der Waals surface area (Å²) in [5.74, 6) is 0. The minimum Gasteiger partial charge on any atom is -0.142 e. The van der Waals surface area contributed by atoms with Crippen LogP contribution in [0.15, 0.2) is 121 Å². The van der Waals surface area contributed by atoms with Gasteiger partial charge in [0, 0.05) is 6.54 Å². The Morgan fingerprint density at radius 2 is 0.933 bits per heavy atom. The lowest BCUT2D eigenvalue weighted by Crippen LogP contribution is -2.35. The average Bonchev–Trinajstić information content (AvgIpc) is 3.27. The van der Waals surface area contributed by atoms with Crippen molar-refractivity contribution in [3.05, 3.63) is 121 Å². The third-order valence-electron chi connectivity index (χ3n) is 5.83. The van der Waals surface area contributed by atoms with Crippen LogP contribution in [0.3, 0.4) is 0 Å². The third-order valence-corrected chi connectivity index (χ3v) is 13.8. The molecule has 1 heterocycles. The van der Waals surface area contributed by atoms with Crippen LogP contribution in [0, 0.1) is 0 Å². The van der Waals surface area contributed by atoms with Gasteiger partial charge in [-0.3, -0.25) is 0 Å². The summed E-state index contributed by atoms with van der Waals surface area (Å²) in [7, 11) is -2.29. The molecule has 0 amide bonds. The highest BCUT2D eigenvalue weighted by Crippen LogP contribution is 2.71. The predicted octanol–water partition coefficient (Wildman–Crippen LogP) is 5.32. The minimum atomic E-state index is -1.69. The third kappa shape index (κ3) is 3.52. The molecule has 0 saturated carbocycles. The van der Waals surface area contributed by atoms with Crippen molar-refractivity contribution in [3.63, 3.8) is 0 Å². The summed E-state index contributed by atoms with van der Waals surface area (Å²) in [5, 5.41) is 5.90. The molecule has 0 atom stereocenters. The van der Waals surface area contributed by atoms with Crippen molar-refractivity contribution in [3.8, 4) is 0 Å². The van der Waals surface area contributed by atoms with Crippen molar-refractivity contribution in [2.24, 2.45) is 0 Å². The number of rotatable bonds is 5. The van der Waals surface area contributed by atoms with Crippen LogP contribution in [0.25, 0.3) is 0 Å². The quantitative estimate of drug-likeness (QED) is 0.390. The lowest BCUT2D eigenvalue weighted by molar-refractivity contribution is 0.740. The van der Waals surface area contributed by atoms with Gasteiger partial charge in [-0.2, -0.15) is 0 Å². The summed E-state index contributed by atoms with van der Waals surface area (Å²) >= 11 is 0. The van der Waals surface area contributed by atoms with Gasteiger partial charge in [-0.25, -0.2) is 0 Å². The fraction of sp³-hybridized carbons (Fsp3) is 0.111. The Labute approximate surface area is 181 Å². The molecule has 0 aromatic heterocycles. The normalized spacial score (nSPS) is 16.0. The highest BCUT2D eigenvalue weighted by atomic mass is 31.2. The van der Waals surface area contributed by atoms with E-state index >= 15 is 0 Å². The van der Waals surface area contributed by atoms with Crippen molar-refractivity contribution in [1.29, 1.82) is 0 Å². The Bertz CT molecular complexity index is 990. The van der Waals surface area contributed by atoms with E-state index in [9.17, 15) is 0 Å². The second-order valence-electron chi connectivity index (χ2n) is 7.60. The Kier molecular flexibility index (Phi) is 5.78. The van der Waals surface area contributed by atoms with Gasteiger partial charge in [0.2, 0.25) is 0 Å². The van der Waals surface area contributed by atoms with E-state index in [0.717, 1.165) is 6.54 Å². The molecule has 4 aromatic rings. The van der Waals surface area contributed by atoms with E-state index in [1.165, 1.54) is 33.8 Å². The molecule has 0 radical (unpaired) electrons. The fourth-order valence-corrected chi connectivity index (χ4v) is 13.4. The molecule has 3 heteroatoms. The van der Waals surface area contributed by atoms with Gasteiger partial charge in [-0.05, 0) is 41.3 Å². The lowest BCUT2D eigenvalue weighted by Gasteiger charge is -2.36. The summed E-state index contributed by atoms with van der Waals surface area (Å²) in [5.41, 5.74) is 0.